The Kier molecular flexibility index (Phi) is 11.0. The lowest BCUT2D eigenvalue weighted by molar-refractivity contribution is 0.443. The molecule has 0 bridgehead atoms. The minimum Gasteiger partial charge on any atom is -0.413 e. The second-order valence-electron chi connectivity index (χ2n) is 17.3. The van der Waals surface area contributed by atoms with E-state index in [9.17, 15) is 0 Å². The van der Waals surface area contributed by atoms with E-state index in [0.29, 0.717) is 34.5 Å². The molecule has 12 heteroatoms. The van der Waals surface area contributed by atoms with Gasteiger partial charge in [0.2, 0.25) is 0 Å². The van der Waals surface area contributed by atoms with Gasteiger partial charge in [-0.3, -0.25) is 0 Å². The second kappa shape index (κ2) is 18.1. The SMILES string of the molecule is c1ccc2cc(OP3(Oc4ccc5ccccc5c4)=NP(Oc4ccc5ccccc5c4)(Oc4ccc5ccccc5c4)=NP(Oc4ccc5ccccc5c4)(Oc4ccc5ccccc5c4)=N3)ccc2c1. The molecule has 72 heavy (non-hydrogen) atoms. The van der Waals surface area contributed by atoms with Crippen molar-refractivity contribution in [3.05, 3.63) is 255 Å². The predicted molar refractivity (Wildman–Crippen MR) is 296 cm³/mol. The van der Waals surface area contributed by atoms with Gasteiger partial charge in [-0.05, 0) is 137 Å². The fourth-order valence-electron chi connectivity index (χ4n) is 8.93. The van der Waals surface area contributed by atoms with Crippen LogP contribution in [0.4, 0.5) is 0 Å². The first kappa shape index (κ1) is 43.7. The smallest absolute Gasteiger partial charge is 0.413 e. The third-order valence-electron chi connectivity index (χ3n) is 12.3. The van der Waals surface area contributed by atoms with Gasteiger partial charge in [-0.1, -0.05) is 196 Å². The van der Waals surface area contributed by atoms with E-state index in [2.05, 4.69) is 36.4 Å². The van der Waals surface area contributed by atoms with Crippen LogP contribution in [0.1, 0.15) is 0 Å². The van der Waals surface area contributed by atoms with Gasteiger partial charge in [0.1, 0.15) is 34.5 Å². The van der Waals surface area contributed by atoms with E-state index >= 15 is 0 Å². The third-order valence-corrected chi connectivity index (χ3v) is 20.5. The van der Waals surface area contributed by atoms with Gasteiger partial charge in [-0.25, -0.2) is 0 Å². The first-order valence-electron chi connectivity index (χ1n) is 23.4. The number of fused-ring (bicyclic) bond motifs is 6. The highest BCUT2D eigenvalue weighted by Gasteiger charge is 2.49. The van der Waals surface area contributed by atoms with Crippen LogP contribution in [0.2, 0.25) is 0 Å². The lowest BCUT2D eigenvalue weighted by Crippen LogP contribution is -2.11. The van der Waals surface area contributed by atoms with E-state index in [0.717, 1.165) is 64.6 Å². The maximum Gasteiger partial charge on any atom is 0.460 e. The molecule has 9 nitrogen and oxygen atoms in total. The van der Waals surface area contributed by atoms with Gasteiger partial charge in [0.05, 0.1) is 0 Å². The van der Waals surface area contributed by atoms with Crippen molar-refractivity contribution < 1.29 is 27.1 Å². The fraction of sp³-hybridized carbons (Fsp3) is 0. The Morgan fingerprint density at radius 2 is 0.333 bits per heavy atom. The molecule has 1 aliphatic heterocycles. The van der Waals surface area contributed by atoms with Crippen molar-refractivity contribution in [2.24, 2.45) is 13.5 Å². The average molecular weight is 994 g/mol. The van der Waals surface area contributed by atoms with Crippen molar-refractivity contribution in [1.29, 1.82) is 0 Å². The van der Waals surface area contributed by atoms with E-state index in [1.807, 2.05) is 218 Å². The average Bonchev–Trinajstić information content (AvgIpc) is 3.40. The summed E-state index contributed by atoms with van der Waals surface area (Å²) in [5.74, 6) is 2.67. The first-order valence-corrected chi connectivity index (χ1v) is 28.0. The second-order valence-corrected chi connectivity index (χ2v) is 23.5. The first-order chi connectivity index (χ1) is 35.4. The number of benzene rings is 12. The summed E-state index contributed by atoms with van der Waals surface area (Å²) >= 11 is 0. The van der Waals surface area contributed by atoms with Gasteiger partial charge in [0.15, 0.2) is 0 Å². The van der Waals surface area contributed by atoms with Crippen LogP contribution in [0.3, 0.4) is 0 Å². The summed E-state index contributed by atoms with van der Waals surface area (Å²) in [5, 5.41) is 11.9. The van der Waals surface area contributed by atoms with Crippen LogP contribution in [-0.4, -0.2) is 0 Å². The Labute approximate surface area is 415 Å². The highest BCUT2D eigenvalue weighted by atomic mass is 31.3. The Bertz CT molecular complexity index is 3570. The molecule has 0 aromatic heterocycles. The van der Waals surface area contributed by atoms with Crippen molar-refractivity contribution >= 4 is 87.6 Å². The summed E-state index contributed by atoms with van der Waals surface area (Å²) in [7, 11) is -12.7. The minimum atomic E-state index is -4.22. The van der Waals surface area contributed by atoms with Gasteiger partial charge in [0.25, 0.3) is 0 Å². The van der Waals surface area contributed by atoms with E-state index in [1.165, 1.54) is 0 Å². The van der Waals surface area contributed by atoms with E-state index < -0.39 is 23.0 Å². The Balaban J connectivity index is 1.13. The van der Waals surface area contributed by atoms with Crippen molar-refractivity contribution in [3.63, 3.8) is 0 Å². The van der Waals surface area contributed by atoms with Gasteiger partial charge in [-0.15, -0.1) is 0 Å². The Morgan fingerprint density at radius 3 is 0.500 bits per heavy atom. The van der Waals surface area contributed by atoms with Crippen LogP contribution in [0.25, 0.3) is 64.6 Å². The Hall–Kier alpha value is -8.31. The number of rotatable bonds is 12. The third kappa shape index (κ3) is 8.91. The van der Waals surface area contributed by atoms with Crippen LogP contribution >= 0.6 is 23.0 Å². The normalized spacial score (nSPS) is 14.5. The molecule has 348 valence electrons. The largest absolute Gasteiger partial charge is 0.460 e. The number of hydrogen-bond acceptors (Lipinski definition) is 9. The summed E-state index contributed by atoms with van der Waals surface area (Å²) in [6.07, 6.45) is 0. The molecule has 0 aliphatic carbocycles. The van der Waals surface area contributed by atoms with Crippen LogP contribution in [0, 0.1) is 0 Å². The van der Waals surface area contributed by atoms with Gasteiger partial charge in [0, 0.05) is 0 Å². The molecule has 12 aromatic carbocycles. The zero-order chi connectivity index (χ0) is 48.0. The lowest BCUT2D eigenvalue weighted by Gasteiger charge is -2.33. The van der Waals surface area contributed by atoms with E-state index in [1.54, 1.807) is 0 Å². The zero-order valence-electron chi connectivity index (χ0n) is 38.4. The predicted octanol–water partition coefficient (Wildman–Crippen LogP) is 19.2. The molecule has 13 rings (SSSR count). The minimum absolute atomic E-state index is 0.446. The number of nitrogens with zero attached hydrogens (tertiary/aromatic N) is 3. The highest BCUT2D eigenvalue weighted by molar-refractivity contribution is 7.79. The molecular weight excluding hydrogens is 952 g/mol. The van der Waals surface area contributed by atoms with Crippen molar-refractivity contribution in [3.8, 4) is 34.5 Å². The van der Waals surface area contributed by atoms with E-state index in [4.69, 9.17) is 40.7 Å². The number of hydrogen-bond donors (Lipinski definition) is 0. The summed E-state index contributed by atoms with van der Waals surface area (Å²) in [4.78, 5) is 0. The van der Waals surface area contributed by atoms with Gasteiger partial charge < -0.3 is 27.1 Å². The molecule has 0 spiro atoms. The van der Waals surface area contributed by atoms with Crippen molar-refractivity contribution in [2.75, 3.05) is 0 Å². The Morgan fingerprint density at radius 1 is 0.181 bits per heavy atom. The summed E-state index contributed by atoms with van der Waals surface area (Å²) in [5.41, 5.74) is 0. The molecule has 0 saturated heterocycles. The molecule has 0 N–H and O–H groups in total. The molecule has 0 unspecified atom stereocenters. The van der Waals surface area contributed by atoms with E-state index in [-0.39, 0.29) is 0 Å². The van der Waals surface area contributed by atoms with Crippen LogP contribution in [0.5, 0.6) is 34.5 Å². The van der Waals surface area contributed by atoms with Crippen LogP contribution in [0.15, 0.2) is 268 Å². The van der Waals surface area contributed by atoms with Crippen LogP contribution in [-0.2, 0) is 0 Å². The standard InChI is InChI=1S/C60H42N3O6P3/c1-7-19-49-37-55(31-25-43(49)13-1)64-70(65-56-32-26-44-14-2-8-20-50(44)38-56)61-71(66-57-33-27-45-15-3-9-21-51(45)39-57,67-58-34-28-46-16-4-10-22-52(46)40-58)63-72(62-70,68-59-35-29-47-17-5-11-23-53(47)41-59)69-60-36-30-48-18-6-12-24-54(48)42-60/h1-42H. The lowest BCUT2D eigenvalue weighted by atomic mass is 10.1. The molecule has 0 atom stereocenters. The summed E-state index contributed by atoms with van der Waals surface area (Å²) in [6.45, 7) is 0. The maximum absolute atomic E-state index is 7.34. The summed E-state index contributed by atoms with van der Waals surface area (Å²) in [6, 6.07) is 83.7. The monoisotopic (exact) mass is 993 g/mol. The topological polar surface area (TPSA) is 92.5 Å². The zero-order valence-corrected chi connectivity index (χ0v) is 41.1. The molecule has 0 amide bonds. The quantitative estimate of drug-likeness (QED) is 0.113. The van der Waals surface area contributed by atoms with Crippen molar-refractivity contribution in [1.82, 2.24) is 0 Å². The van der Waals surface area contributed by atoms with Gasteiger partial charge in [-0.2, -0.15) is 0 Å². The van der Waals surface area contributed by atoms with Crippen molar-refractivity contribution in [2.45, 2.75) is 0 Å². The summed E-state index contributed by atoms with van der Waals surface area (Å²) < 4.78 is 60.8. The van der Waals surface area contributed by atoms with Gasteiger partial charge >= 0.3 is 23.0 Å². The maximum atomic E-state index is 7.34. The molecule has 0 saturated carbocycles. The molecule has 12 aromatic rings. The molecule has 1 aliphatic rings. The van der Waals surface area contributed by atoms with Crippen LogP contribution < -0.4 is 27.1 Å². The molecule has 1 heterocycles. The molecule has 0 fully saturated rings. The molecular formula is C60H42N3O6P3. The molecule has 0 radical (unpaired) electrons. The fourth-order valence-corrected chi connectivity index (χ4v) is 17.9. The highest BCUT2D eigenvalue weighted by Crippen LogP contribution is 2.79.